The molecule has 0 atom stereocenters. The zero-order valence-corrected chi connectivity index (χ0v) is 18.9. The van der Waals surface area contributed by atoms with E-state index in [1.165, 1.54) is 34.6 Å². The number of nitrogens with two attached hydrogens (primary N) is 1. The molecule has 3 heterocycles. The number of benzene rings is 2. The average molecular weight is 515 g/mol. The molecule has 2 aliphatic heterocycles. The molecule has 180 valence electrons. The summed E-state index contributed by atoms with van der Waals surface area (Å²) in [5, 5.41) is 8.52. The second kappa shape index (κ2) is 7.83. The van der Waals surface area contributed by atoms with Crippen molar-refractivity contribution in [3.8, 4) is 11.1 Å². The molecule has 0 amide bonds. The summed E-state index contributed by atoms with van der Waals surface area (Å²) in [5.74, 6) is -0.0315. The summed E-state index contributed by atoms with van der Waals surface area (Å²) in [7, 11) is -3.75. The van der Waals surface area contributed by atoms with Crippen LogP contribution in [0.15, 0.2) is 41.3 Å². The van der Waals surface area contributed by atoms with Crippen LogP contribution >= 0.6 is 11.6 Å². The molecular weight excluding hydrogens is 497 g/mol. The van der Waals surface area contributed by atoms with E-state index in [9.17, 15) is 21.6 Å². The van der Waals surface area contributed by atoms with Crippen molar-refractivity contribution in [2.45, 2.75) is 11.1 Å². The molecule has 14 heteroatoms. The Labute approximate surface area is 197 Å². The fourth-order valence-electron chi connectivity index (χ4n) is 4.04. The molecule has 5 rings (SSSR count). The summed E-state index contributed by atoms with van der Waals surface area (Å²) >= 11 is 6.26. The van der Waals surface area contributed by atoms with Gasteiger partial charge >= 0.3 is 6.18 Å². The van der Waals surface area contributed by atoms with Crippen molar-refractivity contribution < 1.29 is 26.3 Å². The number of nitrogen functional groups attached to an aromatic ring is 1. The van der Waals surface area contributed by atoms with Crippen molar-refractivity contribution in [2.24, 2.45) is 5.41 Å². The van der Waals surface area contributed by atoms with Crippen molar-refractivity contribution in [1.29, 1.82) is 0 Å². The highest BCUT2D eigenvalue weighted by atomic mass is 35.5. The number of nitrogens with zero attached hydrogens (tertiary/aromatic N) is 3. The Kier molecular flexibility index (Phi) is 5.28. The van der Waals surface area contributed by atoms with Gasteiger partial charge in [0.15, 0.2) is 0 Å². The number of sulfonamides is 1. The van der Waals surface area contributed by atoms with E-state index in [-0.39, 0.29) is 44.0 Å². The summed E-state index contributed by atoms with van der Waals surface area (Å²) in [5.41, 5.74) is 4.18. The van der Waals surface area contributed by atoms with E-state index in [1.807, 2.05) is 0 Å². The number of hydrogen-bond donors (Lipinski definition) is 3. The minimum Gasteiger partial charge on any atom is -0.380 e. The summed E-state index contributed by atoms with van der Waals surface area (Å²) in [6.07, 6.45) is -4.74. The Morgan fingerprint density at radius 1 is 1.18 bits per heavy atom. The summed E-state index contributed by atoms with van der Waals surface area (Å²) in [6.45, 7) is 1.80. The minimum atomic E-state index is -4.74. The monoisotopic (exact) mass is 514 g/mol. The van der Waals surface area contributed by atoms with E-state index in [0.29, 0.717) is 26.3 Å². The first-order chi connectivity index (χ1) is 16.0. The predicted octanol–water partition coefficient (Wildman–Crippen LogP) is 3.49. The Balaban J connectivity index is 1.45. The van der Waals surface area contributed by atoms with Crippen molar-refractivity contribution in [1.82, 2.24) is 19.5 Å². The molecule has 2 aliphatic rings. The summed E-state index contributed by atoms with van der Waals surface area (Å²) < 4.78 is 74.0. The van der Waals surface area contributed by atoms with Crippen LogP contribution in [0.5, 0.6) is 0 Å². The maximum atomic E-state index is 13.9. The highest BCUT2D eigenvalue weighted by Gasteiger charge is 2.53. The van der Waals surface area contributed by atoms with Crippen LogP contribution < -0.4 is 11.1 Å². The van der Waals surface area contributed by atoms with Crippen molar-refractivity contribution >= 4 is 39.2 Å². The third-order valence-electron chi connectivity index (χ3n) is 5.78. The van der Waals surface area contributed by atoms with E-state index in [1.54, 1.807) is 0 Å². The van der Waals surface area contributed by atoms with E-state index in [2.05, 4.69) is 20.5 Å². The lowest BCUT2D eigenvalue weighted by Crippen LogP contribution is -2.66. The number of aromatic nitrogens is 3. The van der Waals surface area contributed by atoms with Gasteiger partial charge in [0.05, 0.1) is 28.7 Å². The SMILES string of the molecule is Nc1nc(Nc2cc(Cl)c(-c3ccc(S(=O)(=O)N4CC5(COC5)C4)cc3)c(C(F)(F)F)c2)n[nH]1. The van der Waals surface area contributed by atoms with Crippen LogP contribution in [0.25, 0.3) is 11.1 Å². The van der Waals surface area contributed by atoms with E-state index < -0.39 is 21.8 Å². The Bertz CT molecular complexity index is 1350. The van der Waals surface area contributed by atoms with Crippen molar-refractivity contribution in [3.63, 3.8) is 0 Å². The van der Waals surface area contributed by atoms with Crippen LogP contribution in [-0.2, 0) is 20.9 Å². The zero-order valence-electron chi connectivity index (χ0n) is 17.4. The van der Waals surface area contributed by atoms with Crippen LogP contribution in [0, 0.1) is 5.41 Å². The third kappa shape index (κ3) is 3.98. The molecule has 0 bridgehead atoms. The van der Waals surface area contributed by atoms with E-state index >= 15 is 0 Å². The fraction of sp³-hybridized carbons (Fsp3) is 0.300. The topological polar surface area (TPSA) is 126 Å². The molecule has 1 aromatic heterocycles. The fourth-order valence-corrected chi connectivity index (χ4v) is 6.04. The van der Waals surface area contributed by atoms with Gasteiger partial charge in [-0.2, -0.15) is 22.5 Å². The van der Waals surface area contributed by atoms with Gasteiger partial charge in [0, 0.05) is 29.8 Å². The van der Waals surface area contributed by atoms with Gasteiger partial charge in [-0.05, 0) is 29.8 Å². The highest BCUT2D eigenvalue weighted by Crippen LogP contribution is 2.44. The van der Waals surface area contributed by atoms with Gasteiger partial charge in [-0.15, -0.1) is 5.10 Å². The molecule has 9 nitrogen and oxygen atoms in total. The molecule has 2 saturated heterocycles. The molecule has 0 aliphatic carbocycles. The van der Waals surface area contributed by atoms with Crippen molar-refractivity contribution in [3.05, 3.63) is 47.0 Å². The van der Waals surface area contributed by atoms with Crippen LogP contribution in [0.4, 0.5) is 30.8 Å². The third-order valence-corrected chi connectivity index (χ3v) is 7.88. The number of aromatic amines is 1. The second-order valence-electron chi connectivity index (χ2n) is 8.34. The van der Waals surface area contributed by atoms with Crippen LogP contribution in [-0.4, -0.2) is 54.2 Å². The number of anilines is 3. The predicted molar refractivity (Wildman–Crippen MR) is 118 cm³/mol. The van der Waals surface area contributed by atoms with Crippen molar-refractivity contribution in [2.75, 3.05) is 37.4 Å². The van der Waals surface area contributed by atoms with Gasteiger partial charge in [0.25, 0.3) is 0 Å². The van der Waals surface area contributed by atoms with Gasteiger partial charge in [0.2, 0.25) is 21.9 Å². The van der Waals surface area contributed by atoms with Gasteiger partial charge in [-0.1, -0.05) is 23.7 Å². The van der Waals surface area contributed by atoms with Crippen LogP contribution in [0.1, 0.15) is 5.56 Å². The van der Waals surface area contributed by atoms with Gasteiger partial charge in [0.1, 0.15) is 0 Å². The summed E-state index contributed by atoms with van der Waals surface area (Å²) in [4.78, 5) is 3.79. The first-order valence-electron chi connectivity index (χ1n) is 10.0. The molecule has 2 fully saturated rings. The molecular formula is C20H18ClF3N6O3S. The number of rotatable bonds is 5. The first-order valence-corrected chi connectivity index (χ1v) is 11.8. The summed E-state index contributed by atoms with van der Waals surface area (Å²) in [6, 6.07) is 7.36. The Hall–Kier alpha value is -2.87. The second-order valence-corrected chi connectivity index (χ2v) is 10.7. The molecule has 4 N–H and O–H groups in total. The molecule has 0 radical (unpaired) electrons. The van der Waals surface area contributed by atoms with E-state index in [4.69, 9.17) is 22.1 Å². The minimum absolute atomic E-state index is 0.00324. The zero-order chi connectivity index (χ0) is 24.3. The quantitative estimate of drug-likeness (QED) is 0.475. The molecule has 0 unspecified atom stereocenters. The molecule has 0 saturated carbocycles. The number of nitrogens with one attached hydrogen (secondary N) is 2. The lowest BCUT2D eigenvalue weighted by molar-refractivity contribution is -0.166. The number of alkyl halides is 3. The number of H-pyrrole nitrogens is 1. The van der Waals surface area contributed by atoms with Gasteiger partial charge < -0.3 is 15.8 Å². The normalized spacial score (nSPS) is 17.9. The molecule has 3 aromatic rings. The van der Waals surface area contributed by atoms with E-state index in [0.717, 1.165) is 6.07 Å². The standard InChI is InChI=1S/C20H18ClF3N6O3S/c21-15-6-12(26-18-27-17(25)28-29-18)5-14(20(22,23)24)16(15)11-1-3-13(4-2-11)34(31,32)30-7-19(8-30)9-33-10-19/h1-6H,7-10H2,(H4,25,26,27,28,29). The average Bonchev–Trinajstić information content (AvgIpc) is 3.09. The highest BCUT2D eigenvalue weighted by molar-refractivity contribution is 7.89. The Morgan fingerprint density at radius 2 is 1.85 bits per heavy atom. The van der Waals surface area contributed by atoms with Gasteiger partial charge in [-0.25, -0.2) is 13.5 Å². The lowest BCUT2D eigenvalue weighted by atomic mass is 9.80. The smallest absolute Gasteiger partial charge is 0.380 e. The van der Waals surface area contributed by atoms with Crippen LogP contribution in [0.3, 0.4) is 0 Å². The number of halogens is 4. The largest absolute Gasteiger partial charge is 0.417 e. The lowest BCUT2D eigenvalue weighted by Gasteiger charge is -2.53. The molecule has 34 heavy (non-hydrogen) atoms. The number of hydrogen-bond acceptors (Lipinski definition) is 7. The number of ether oxygens (including phenoxy) is 1. The Morgan fingerprint density at radius 3 is 2.38 bits per heavy atom. The molecule has 2 aromatic carbocycles. The van der Waals surface area contributed by atoms with Gasteiger partial charge in [-0.3, -0.25) is 0 Å². The maximum absolute atomic E-state index is 13.9. The van der Waals surface area contributed by atoms with Crippen LogP contribution in [0.2, 0.25) is 5.02 Å². The maximum Gasteiger partial charge on any atom is 0.417 e. The molecule has 1 spiro atoms. The first kappa shape index (κ1) is 22.9.